The Morgan fingerprint density at radius 3 is 2.84 bits per heavy atom. The third-order valence-corrected chi connectivity index (χ3v) is 3.45. The number of ether oxygens (including phenoxy) is 1. The zero-order chi connectivity index (χ0) is 13.7. The van der Waals surface area contributed by atoms with Gasteiger partial charge in [-0.3, -0.25) is 4.98 Å². The highest BCUT2D eigenvalue weighted by Gasteiger charge is 2.14. The standard InChI is InChI=1S/C13H14F2N2OS/c1-9(17-7-10-6-16-8-19-10)11-4-2-3-5-12(11)18-13(14)15/h2-6,8-9,13,17H,7H2,1H3. The van der Waals surface area contributed by atoms with Gasteiger partial charge < -0.3 is 10.1 Å². The van der Waals surface area contributed by atoms with Crippen molar-refractivity contribution in [2.75, 3.05) is 0 Å². The summed E-state index contributed by atoms with van der Waals surface area (Å²) in [6.45, 7) is -0.251. The average Bonchev–Trinajstić information content (AvgIpc) is 2.89. The van der Waals surface area contributed by atoms with Crippen LogP contribution in [0.5, 0.6) is 5.75 Å². The minimum Gasteiger partial charge on any atom is -0.434 e. The van der Waals surface area contributed by atoms with Gasteiger partial charge in [0.25, 0.3) is 0 Å². The highest BCUT2D eigenvalue weighted by atomic mass is 32.1. The predicted octanol–water partition coefficient (Wildman–Crippen LogP) is 3.60. The molecule has 0 aliphatic rings. The molecule has 0 aliphatic carbocycles. The van der Waals surface area contributed by atoms with Gasteiger partial charge >= 0.3 is 6.61 Å². The minimum absolute atomic E-state index is 0.0861. The van der Waals surface area contributed by atoms with E-state index in [1.165, 1.54) is 0 Å². The van der Waals surface area contributed by atoms with Crippen molar-refractivity contribution in [1.29, 1.82) is 0 Å². The quantitative estimate of drug-likeness (QED) is 0.880. The maximum absolute atomic E-state index is 12.3. The second-order valence-electron chi connectivity index (χ2n) is 3.99. The van der Waals surface area contributed by atoms with Gasteiger partial charge in [0.05, 0.1) is 5.51 Å². The molecule has 0 saturated heterocycles. The third-order valence-electron chi connectivity index (χ3n) is 2.67. The maximum Gasteiger partial charge on any atom is 0.387 e. The Kier molecular flexibility index (Phi) is 4.81. The molecule has 0 spiro atoms. The van der Waals surface area contributed by atoms with Crippen LogP contribution in [-0.4, -0.2) is 11.6 Å². The minimum atomic E-state index is -2.81. The molecule has 0 aliphatic heterocycles. The van der Waals surface area contributed by atoms with Crippen molar-refractivity contribution in [2.45, 2.75) is 26.1 Å². The highest BCUT2D eigenvalue weighted by molar-refractivity contribution is 7.09. The van der Waals surface area contributed by atoms with Gasteiger partial charge in [-0.05, 0) is 13.0 Å². The van der Waals surface area contributed by atoms with Gasteiger partial charge in [-0.1, -0.05) is 18.2 Å². The van der Waals surface area contributed by atoms with Crippen LogP contribution in [0.4, 0.5) is 8.78 Å². The molecule has 0 radical (unpaired) electrons. The Balaban J connectivity index is 2.03. The second-order valence-corrected chi connectivity index (χ2v) is 4.96. The van der Waals surface area contributed by atoms with Crippen LogP contribution >= 0.6 is 11.3 Å². The van der Waals surface area contributed by atoms with Crippen LogP contribution in [0.1, 0.15) is 23.4 Å². The molecule has 6 heteroatoms. The summed E-state index contributed by atoms with van der Waals surface area (Å²) in [6, 6.07) is 6.72. The van der Waals surface area contributed by atoms with Crippen molar-refractivity contribution in [3.05, 3.63) is 46.4 Å². The maximum atomic E-state index is 12.3. The largest absolute Gasteiger partial charge is 0.434 e. The summed E-state index contributed by atoms with van der Waals surface area (Å²) in [5, 5.41) is 3.26. The van der Waals surface area contributed by atoms with Gasteiger partial charge in [-0.25, -0.2) is 0 Å². The topological polar surface area (TPSA) is 34.2 Å². The summed E-state index contributed by atoms with van der Waals surface area (Å²) in [6.07, 6.45) is 1.78. The lowest BCUT2D eigenvalue weighted by Gasteiger charge is -2.17. The van der Waals surface area contributed by atoms with Gasteiger partial charge in [0.15, 0.2) is 0 Å². The molecule has 1 N–H and O–H groups in total. The second kappa shape index (κ2) is 6.58. The summed E-state index contributed by atoms with van der Waals surface area (Å²) in [5.74, 6) is 0.210. The van der Waals surface area contributed by atoms with Crippen LogP contribution in [0.2, 0.25) is 0 Å². The first-order valence-corrected chi connectivity index (χ1v) is 6.69. The number of nitrogens with one attached hydrogen (secondary N) is 1. The van der Waals surface area contributed by atoms with Gasteiger partial charge in [-0.2, -0.15) is 8.78 Å². The number of hydrogen-bond donors (Lipinski definition) is 1. The number of rotatable bonds is 6. The van der Waals surface area contributed by atoms with Gasteiger partial charge in [0.2, 0.25) is 0 Å². The first-order valence-electron chi connectivity index (χ1n) is 5.81. The Morgan fingerprint density at radius 2 is 2.16 bits per heavy atom. The molecule has 0 amide bonds. The summed E-state index contributed by atoms with van der Waals surface area (Å²) in [5.41, 5.74) is 2.47. The summed E-state index contributed by atoms with van der Waals surface area (Å²) in [7, 11) is 0. The van der Waals surface area contributed by atoms with Crippen molar-refractivity contribution < 1.29 is 13.5 Å². The number of alkyl halides is 2. The molecular formula is C13H14F2N2OS. The van der Waals surface area contributed by atoms with E-state index in [-0.39, 0.29) is 11.8 Å². The van der Waals surface area contributed by atoms with Crippen LogP contribution in [0, 0.1) is 0 Å². The fourth-order valence-electron chi connectivity index (χ4n) is 1.73. The number of aromatic nitrogens is 1. The molecule has 1 unspecified atom stereocenters. The van der Waals surface area contributed by atoms with Crippen LogP contribution in [0.25, 0.3) is 0 Å². The lowest BCUT2D eigenvalue weighted by molar-refractivity contribution is -0.0506. The van der Waals surface area contributed by atoms with E-state index in [1.807, 2.05) is 6.92 Å². The van der Waals surface area contributed by atoms with Crippen LogP contribution in [0.3, 0.4) is 0 Å². The molecular weight excluding hydrogens is 270 g/mol. The molecule has 1 atom stereocenters. The molecule has 1 aromatic carbocycles. The number of thiazole rings is 1. The number of para-hydroxylation sites is 1. The van der Waals surface area contributed by atoms with Crippen molar-refractivity contribution in [3.63, 3.8) is 0 Å². The lowest BCUT2D eigenvalue weighted by atomic mass is 10.1. The van der Waals surface area contributed by atoms with E-state index in [0.29, 0.717) is 12.1 Å². The molecule has 102 valence electrons. The third kappa shape index (κ3) is 3.97. The van der Waals surface area contributed by atoms with E-state index in [9.17, 15) is 8.78 Å². The number of benzene rings is 1. The van der Waals surface area contributed by atoms with Crippen molar-refractivity contribution in [2.24, 2.45) is 0 Å². The summed E-state index contributed by atoms with van der Waals surface area (Å²) in [4.78, 5) is 5.08. The molecule has 0 fully saturated rings. The molecule has 1 heterocycles. The number of hydrogen-bond acceptors (Lipinski definition) is 4. The Bertz CT molecular complexity index is 505. The molecule has 0 bridgehead atoms. The number of halogens is 2. The van der Waals surface area contributed by atoms with Crippen molar-refractivity contribution >= 4 is 11.3 Å². The molecule has 0 saturated carbocycles. The first-order chi connectivity index (χ1) is 9.16. The zero-order valence-electron chi connectivity index (χ0n) is 10.3. The first kappa shape index (κ1) is 13.9. The molecule has 19 heavy (non-hydrogen) atoms. The smallest absolute Gasteiger partial charge is 0.387 e. The van der Waals surface area contributed by atoms with E-state index >= 15 is 0 Å². The SMILES string of the molecule is CC(NCc1cncs1)c1ccccc1OC(F)F. The zero-order valence-corrected chi connectivity index (χ0v) is 11.2. The van der Waals surface area contributed by atoms with E-state index in [1.54, 1.807) is 47.3 Å². The van der Waals surface area contributed by atoms with E-state index in [4.69, 9.17) is 0 Å². The molecule has 3 nitrogen and oxygen atoms in total. The molecule has 1 aromatic heterocycles. The normalized spacial score (nSPS) is 12.6. The van der Waals surface area contributed by atoms with Crippen LogP contribution in [0.15, 0.2) is 36.0 Å². The van der Waals surface area contributed by atoms with Crippen LogP contribution < -0.4 is 10.1 Å². The number of nitrogens with zero attached hydrogens (tertiary/aromatic N) is 1. The van der Waals surface area contributed by atoms with Crippen molar-refractivity contribution in [1.82, 2.24) is 10.3 Å². The molecule has 2 aromatic rings. The Hall–Kier alpha value is -1.53. The van der Waals surface area contributed by atoms with Crippen molar-refractivity contribution in [3.8, 4) is 5.75 Å². The fraction of sp³-hybridized carbons (Fsp3) is 0.308. The molecule has 2 rings (SSSR count). The van der Waals surface area contributed by atoms with Crippen LogP contribution in [-0.2, 0) is 6.54 Å². The van der Waals surface area contributed by atoms with E-state index < -0.39 is 6.61 Å². The Labute approximate surface area is 114 Å². The Morgan fingerprint density at radius 1 is 1.37 bits per heavy atom. The van der Waals surface area contributed by atoms with E-state index in [0.717, 1.165) is 4.88 Å². The monoisotopic (exact) mass is 284 g/mol. The van der Waals surface area contributed by atoms with Gasteiger partial charge in [0, 0.05) is 29.2 Å². The average molecular weight is 284 g/mol. The summed E-state index contributed by atoms with van der Waals surface area (Å²) < 4.78 is 29.2. The van der Waals surface area contributed by atoms with Gasteiger partial charge in [0.1, 0.15) is 5.75 Å². The lowest BCUT2D eigenvalue weighted by Crippen LogP contribution is -2.18. The predicted molar refractivity (Wildman–Crippen MR) is 70.4 cm³/mol. The summed E-state index contributed by atoms with van der Waals surface area (Å²) >= 11 is 1.55. The van der Waals surface area contributed by atoms with E-state index in [2.05, 4.69) is 15.0 Å². The van der Waals surface area contributed by atoms with Gasteiger partial charge in [-0.15, -0.1) is 11.3 Å². The highest BCUT2D eigenvalue weighted by Crippen LogP contribution is 2.26. The fourth-order valence-corrected chi connectivity index (χ4v) is 2.28.